The van der Waals surface area contributed by atoms with Gasteiger partial charge in [0.15, 0.2) is 5.76 Å². The molecule has 0 unspecified atom stereocenters. The highest BCUT2D eigenvalue weighted by Gasteiger charge is 2.27. The minimum Gasteiger partial charge on any atom is -0.508 e. The van der Waals surface area contributed by atoms with Gasteiger partial charge in [0.2, 0.25) is 5.78 Å². The van der Waals surface area contributed by atoms with Crippen LogP contribution in [-0.4, -0.2) is 16.0 Å². The van der Waals surface area contributed by atoms with Crippen LogP contribution < -0.4 is 4.74 Å². The van der Waals surface area contributed by atoms with E-state index in [1.807, 2.05) is 0 Å². The number of benzene rings is 2. The molecule has 1 aliphatic rings. The molecule has 2 aromatic rings. The number of aromatic hydroxyl groups is 2. The molecule has 0 radical (unpaired) electrons. The molecule has 4 heteroatoms. The molecule has 3 rings (SSSR count). The molecule has 0 amide bonds. The van der Waals surface area contributed by atoms with Crippen molar-refractivity contribution >= 4 is 11.9 Å². The van der Waals surface area contributed by atoms with Gasteiger partial charge < -0.3 is 14.9 Å². The number of phenols is 2. The highest BCUT2D eigenvalue weighted by molar-refractivity contribution is 6.14. The summed E-state index contributed by atoms with van der Waals surface area (Å²) in [7, 11) is 0. The summed E-state index contributed by atoms with van der Waals surface area (Å²) in [6.45, 7) is 0. The molecule has 0 bridgehead atoms. The Balaban J connectivity index is 2.02. The topological polar surface area (TPSA) is 66.8 Å². The van der Waals surface area contributed by atoms with Gasteiger partial charge in [-0.15, -0.1) is 0 Å². The molecule has 19 heavy (non-hydrogen) atoms. The van der Waals surface area contributed by atoms with Crippen LogP contribution in [0, 0.1) is 0 Å². The van der Waals surface area contributed by atoms with Gasteiger partial charge in [0, 0.05) is 11.6 Å². The number of carbonyl (C=O) groups is 1. The van der Waals surface area contributed by atoms with Crippen LogP contribution >= 0.6 is 0 Å². The number of fused-ring (bicyclic) bond motifs is 1. The summed E-state index contributed by atoms with van der Waals surface area (Å²) in [6.07, 6.45) is 1.48. The van der Waals surface area contributed by atoms with E-state index in [1.54, 1.807) is 18.2 Å². The van der Waals surface area contributed by atoms with Gasteiger partial charge in [-0.25, -0.2) is 0 Å². The minimum absolute atomic E-state index is 0.0374. The zero-order chi connectivity index (χ0) is 13.4. The molecule has 0 saturated heterocycles. The molecule has 0 fully saturated rings. The van der Waals surface area contributed by atoms with Gasteiger partial charge in [-0.3, -0.25) is 4.79 Å². The van der Waals surface area contributed by atoms with Crippen LogP contribution in [0.3, 0.4) is 0 Å². The van der Waals surface area contributed by atoms with Gasteiger partial charge in [0.1, 0.15) is 17.2 Å². The Morgan fingerprint density at radius 2 is 1.84 bits per heavy atom. The maximum absolute atomic E-state index is 12.1. The lowest BCUT2D eigenvalue weighted by Crippen LogP contribution is -1.97. The second kappa shape index (κ2) is 4.17. The van der Waals surface area contributed by atoms with E-state index in [-0.39, 0.29) is 23.0 Å². The van der Waals surface area contributed by atoms with E-state index >= 15 is 0 Å². The van der Waals surface area contributed by atoms with E-state index in [0.717, 1.165) is 0 Å². The fourth-order valence-electron chi connectivity index (χ4n) is 1.93. The number of Topliss-reactive ketones (excluding diaryl/α,β-unsaturated/α-hetero) is 1. The molecular weight excluding hydrogens is 244 g/mol. The first-order valence-corrected chi connectivity index (χ1v) is 5.70. The quantitative estimate of drug-likeness (QED) is 0.768. The first-order valence-electron chi connectivity index (χ1n) is 5.70. The summed E-state index contributed by atoms with van der Waals surface area (Å²) in [5.74, 6) is 0.299. The number of hydrogen-bond acceptors (Lipinski definition) is 4. The van der Waals surface area contributed by atoms with Crippen LogP contribution in [0.25, 0.3) is 6.08 Å². The molecule has 0 aliphatic carbocycles. The van der Waals surface area contributed by atoms with Gasteiger partial charge >= 0.3 is 0 Å². The van der Waals surface area contributed by atoms with Gasteiger partial charge in [0.25, 0.3) is 0 Å². The average molecular weight is 254 g/mol. The highest BCUT2D eigenvalue weighted by Crippen LogP contribution is 2.35. The summed E-state index contributed by atoms with van der Waals surface area (Å²) < 4.78 is 5.40. The Hall–Kier alpha value is -2.75. The highest BCUT2D eigenvalue weighted by atomic mass is 16.5. The lowest BCUT2D eigenvalue weighted by Gasteiger charge is -2.00. The third-order valence-corrected chi connectivity index (χ3v) is 2.88. The lowest BCUT2D eigenvalue weighted by atomic mass is 10.1. The average Bonchev–Trinajstić information content (AvgIpc) is 2.68. The van der Waals surface area contributed by atoms with Crippen LogP contribution in [0.15, 0.2) is 48.2 Å². The Labute approximate surface area is 109 Å². The van der Waals surface area contributed by atoms with Crippen molar-refractivity contribution in [2.24, 2.45) is 0 Å². The van der Waals surface area contributed by atoms with E-state index in [9.17, 15) is 15.0 Å². The summed E-state index contributed by atoms with van der Waals surface area (Å²) in [5.41, 5.74) is 0.905. The molecular formula is C15H10O4. The third kappa shape index (κ3) is 1.93. The standard InChI is InChI=1S/C15H10O4/c16-10-5-6-11-13(8-10)19-14(15(11)18)7-9-3-1-2-4-12(9)17/h1-8,16-17H. The number of ketones is 1. The van der Waals surface area contributed by atoms with E-state index in [1.165, 1.54) is 30.3 Å². The smallest absolute Gasteiger partial charge is 0.231 e. The van der Waals surface area contributed by atoms with Crippen molar-refractivity contribution < 1.29 is 19.7 Å². The summed E-state index contributed by atoms with van der Waals surface area (Å²) in [6, 6.07) is 11.0. The molecule has 0 atom stereocenters. The number of carbonyl (C=O) groups excluding carboxylic acids is 1. The minimum atomic E-state index is -0.266. The monoisotopic (exact) mass is 254 g/mol. The Bertz CT molecular complexity index is 701. The molecule has 1 aliphatic heterocycles. The third-order valence-electron chi connectivity index (χ3n) is 2.88. The lowest BCUT2D eigenvalue weighted by molar-refractivity contribution is 0.101. The fourth-order valence-corrected chi connectivity index (χ4v) is 1.93. The van der Waals surface area contributed by atoms with Crippen LogP contribution in [-0.2, 0) is 0 Å². The van der Waals surface area contributed by atoms with E-state index in [0.29, 0.717) is 16.9 Å². The first kappa shape index (κ1) is 11.3. The molecule has 0 aromatic heterocycles. The molecule has 0 spiro atoms. The molecule has 4 nitrogen and oxygen atoms in total. The van der Waals surface area contributed by atoms with Crippen LogP contribution in [0.1, 0.15) is 15.9 Å². The number of para-hydroxylation sites is 1. The van der Waals surface area contributed by atoms with Crippen molar-refractivity contribution in [1.29, 1.82) is 0 Å². The Morgan fingerprint density at radius 1 is 1.05 bits per heavy atom. The maximum Gasteiger partial charge on any atom is 0.231 e. The number of ether oxygens (including phenoxy) is 1. The SMILES string of the molecule is O=C1C(=Cc2ccccc2O)Oc2cc(O)ccc21. The Kier molecular flexibility index (Phi) is 2.49. The second-order valence-corrected chi connectivity index (χ2v) is 4.18. The van der Waals surface area contributed by atoms with Gasteiger partial charge in [-0.05, 0) is 24.3 Å². The van der Waals surface area contributed by atoms with Crippen molar-refractivity contribution in [1.82, 2.24) is 0 Å². The maximum atomic E-state index is 12.1. The van der Waals surface area contributed by atoms with Crippen LogP contribution in [0.2, 0.25) is 0 Å². The first-order chi connectivity index (χ1) is 9.15. The number of rotatable bonds is 1. The molecule has 1 heterocycles. The van der Waals surface area contributed by atoms with Gasteiger partial charge in [-0.1, -0.05) is 18.2 Å². The molecule has 94 valence electrons. The summed E-state index contributed by atoms with van der Waals surface area (Å²) >= 11 is 0. The zero-order valence-electron chi connectivity index (χ0n) is 9.83. The fraction of sp³-hybridized carbons (Fsp3) is 0. The summed E-state index contributed by atoms with van der Waals surface area (Å²) in [5, 5.41) is 19.0. The zero-order valence-corrected chi connectivity index (χ0v) is 9.83. The van der Waals surface area contributed by atoms with Crippen LogP contribution in [0.5, 0.6) is 17.2 Å². The van der Waals surface area contributed by atoms with E-state index in [4.69, 9.17) is 4.74 Å². The van der Waals surface area contributed by atoms with Crippen molar-refractivity contribution in [2.45, 2.75) is 0 Å². The summed E-state index contributed by atoms with van der Waals surface area (Å²) in [4.78, 5) is 12.1. The second-order valence-electron chi connectivity index (χ2n) is 4.18. The normalized spacial score (nSPS) is 15.4. The van der Waals surface area contributed by atoms with E-state index < -0.39 is 0 Å². The van der Waals surface area contributed by atoms with Crippen molar-refractivity contribution in [3.63, 3.8) is 0 Å². The molecule has 2 aromatic carbocycles. The van der Waals surface area contributed by atoms with E-state index in [2.05, 4.69) is 0 Å². The van der Waals surface area contributed by atoms with Gasteiger partial charge in [-0.2, -0.15) is 0 Å². The number of phenolic OH excluding ortho intramolecular Hbond substituents is 2. The van der Waals surface area contributed by atoms with Crippen molar-refractivity contribution in [3.05, 3.63) is 59.4 Å². The molecule has 0 saturated carbocycles. The largest absolute Gasteiger partial charge is 0.508 e. The predicted octanol–water partition coefficient (Wildman–Crippen LogP) is 2.71. The van der Waals surface area contributed by atoms with Crippen molar-refractivity contribution in [3.8, 4) is 17.2 Å². The van der Waals surface area contributed by atoms with Crippen LogP contribution in [0.4, 0.5) is 0 Å². The van der Waals surface area contributed by atoms with Crippen molar-refractivity contribution in [2.75, 3.05) is 0 Å². The number of allylic oxidation sites excluding steroid dienone is 1. The number of hydrogen-bond donors (Lipinski definition) is 2. The molecule has 2 N–H and O–H groups in total. The predicted molar refractivity (Wildman–Crippen MR) is 69.1 cm³/mol. The van der Waals surface area contributed by atoms with Gasteiger partial charge in [0.05, 0.1) is 5.56 Å². The Morgan fingerprint density at radius 3 is 2.63 bits per heavy atom.